The lowest BCUT2D eigenvalue weighted by molar-refractivity contribution is -0.127. The number of carbonyl (C=O) groups excluding carboxylic acids is 1. The molecule has 0 spiro atoms. The van der Waals surface area contributed by atoms with E-state index in [0.717, 1.165) is 0 Å². The highest BCUT2D eigenvalue weighted by molar-refractivity contribution is 5.89. The Morgan fingerprint density at radius 3 is 2.65 bits per heavy atom. The summed E-state index contributed by atoms with van der Waals surface area (Å²) in [5, 5.41) is 22.2. The number of carbonyl (C=O) groups is 1. The highest BCUT2D eigenvalue weighted by Crippen LogP contribution is 2.22. The van der Waals surface area contributed by atoms with Crippen molar-refractivity contribution in [3.8, 4) is 0 Å². The molecule has 1 aromatic rings. The van der Waals surface area contributed by atoms with Crippen LogP contribution in [0.15, 0.2) is 24.3 Å². The van der Waals surface area contributed by atoms with Gasteiger partial charge in [-0.25, -0.2) is 4.79 Å². The van der Waals surface area contributed by atoms with E-state index >= 15 is 0 Å². The quantitative estimate of drug-likeness (QED) is 0.659. The van der Waals surface area contributed by atoms with Crippen molar-refractivity contribution >= 4 is 11.7 Å². The zero-order valence-electron chi connectivity index (χ0n) is 10.4. The first-order chi connectivity index (χ1) is 9.30. The number of aliphatic hydroxyl groups excluding tert-OH is 2. The lowest BCUT2D eigenvalue weighted by Crippen LogP contribution is -2.36. The van der Waals surface area contributed by atoms with Crippen molar-refractivity contribution in [3.05, 3.63) is 29.8 Å². The van der Waals surface area contributed by atoms with E-state index in [4.69, 9.17) is 10.2 Å². The Balaban J connectivity index is 2.55. The number of nitrogens with one attached hydrogen (secondary N) is 2. The van der Waals surface area contributed by atoms with E-state index in [-0.39, 0.29) is 17.8 Å². The fourth-order valence-electron chi connectivity index (χ4n) is 1.44. The Hall–Kier alpha value is -1.80. The number of anilines is 1. The zero-order chi connectivity index (χ0) is 15.2. The van der Waals surface area contributed by atoms with Gasteiger partial charge in [-0.3, -0.25) is 0 Å². The third-order valence-corrected chi connectivity index (χ3v) is 2.30. The lowest BCUT2D eigenvalue weighted by atomic mass is 10.1. The Labute approximate surface area is 113 Å². The third-order valence-electron chi connectivity index (χ3n) is 2.30. The van der Waals surface area contributed by atoms with Crippen LogP contribution >= 0.6 is 0 Å². The van der Waals surface area contributed by atoms with Gasteiger partial charge in [0.05, 0.1) is 19.1 Å². The van der Waals surface area contributed by atoms with E-state index in [9.17, 15) is 18.0 Å². The average Bonchev–Trinajstić information content (AvgIpc) is 2.34. The van der Waals surface area contributed by atoms with Crippen LogP contribution in [0.25, 0.3) is 0 Å². The highest BCUT2D eigenvalue weighted by atomic mass is 19.4. The third kappa shape index (κ3) is 6.39. The molecule has 1 aromatic carbocycles. The molecule has 0 radical (unpaired) electrons. The van der Waals surface area contributed by atoms with Crippen LogP contribution in [0.1, 0.15) is 5.56 Å². The van der Waals surface area contributed by atoms with Gasteiger partial charge >= 0.3 is 12.2 Å². The molecule has 0 aromatic heterocycles. The van der Waals surface area contributed by atoms with E-state index in [1.165, 1.54) is 24.3 Å². The Bertz CT molecular complexity index is 452. The molecular formula is C12H15F3N2O3. The first-order valence-corrected chi connectivity index (χ1v) is 5.79. The number of amides is 2. The Morgan fingerprint density at radius 2 is 2.05 bits per heavy atom. The molecule has 4 N–H and O–H groups in total. The zero-order valence-corrected chi connectivity index (χ0v) is 10.4. The normalized spacial score (nSPS) is 12.8. The number of rotatable bonds is 5. The summed E-state index contributed by atoms with van der Waals surface area (Å²) in [4.78, 5) is 11.4. The van der Waals surface area contributed by atoms with Gasteiger partial charge in [0, 0.05) is 12.2 Å². The second-order valence-electron chi connectivity index (χ2n) is 4.16. The van der Waals surface area contributed by atoms with Crippen LogP contribution in [0, 0.1) is 0 Å². The average molecular weight is 292 g/mol. The second-order valence-corrected chi connectivity index (χ2v) is 4.16. The largest absolute Gasteiger partial charge is 0.394 e. The minimum absolute atomic E-state index is 0.0330. The molecule has 0 aliphatic rings. The van der Waals surface area contributed by atoms with Crippen molar-refractivity contribution in [2.75, 3.05) is 18.5 Å². The number of benzene rings is 1. The predicted octanol–water partition coefficient (Wildman–Crippen LogP) is 1.27. The molecule has 0 saturated carbocycles. The molecule has 8 heteroatoms. The van der Waals surface area contributed by atoms with Gasteiger partial charge in [0.2, 0.25) is 0 Å². The van der Waals surface area contributed by atoms with Gasteiger partial charge < -0.3 is 20.8 Å². The number of hydrogen-bond acceptors (Lipinski definition) is 3. The Kier molecular flexibility index (Phi) is 5.78. The van der Waals surface area contributed by atoms with Crippen LogP contribution < -0.4 is 10.6 Å². The minimum Gasteiger partial charge on any atom is -0.394 e. The summed E-state index contributed by atoms with van der Waals surface area (Å²) in [7, 11) is 0. The molecule has 112 valence electrons. The molecule has 2 amide bonds. The van der Waals surface area contributed by atoms with Gasteiger partial charge in [0.25, 0.3) is 0 Å². The van der Waals surface area contributed by atoms with Gasteiger partial charge in [0.15, 0.2) is 0 Å². The monoisotopic (exact) mass is 292 g/mol. The van der Waals surface area contributed by atoms with E-state index < -0.39 is 31.3 Å². The molecule has 0 bridgehead atoms. The molecule has 5 nitrogen and oxygen atoms in total. The van der Waals surface area contributed by atoms with Crippen LogP contribution in [0.3, 0.4) is 0 Å². The predicted molar refractivity (Wildman–Crippen MR) is 66.3 cm³/mol. The molecule has 0 saturated heterocycles. The molecule has 20 heavy (non-hydrogen) atoms. The van der Waals surface area contributed by atoms with E-state index in [0.29, 0.717) is 0 Å². The molecule has 0 aliphatic carbocycles. The van der Waals surface area contributed by atoms with Crippen LogP contribution in [0.4, 0.5) is 23.7 Å². The number of alkyl halides is 3. The second kappa shape index (κ2) is 7.11. The summed E-state index contributed by atoms with van der Waals surface area (Å²) in [6.07, 6.45) is -6.48. The van der Waals surface area contributed by atoms with Crippen molar-refractivity contribution in [3.63, 3.8) is 0 Å². The summed E-state index contributed by atoms with van der Waals surface area (Å²) in [6.45, 7) is -0.661. The molecule has 1 atom stereocenters. The van der Waals surface area contributed by atoms with Crippen LogP contribution in [0.5, 0.6) is 0 Å². The molecule has 0 unspecified atom stereocenters. The van der Waals surface area contributed by atoms with Crippen LogP contribution in [-0.4, -0.2) is 41.7 Å². The van der Waals surface area contributed by atoms with E-state index in [2.05, 4.69) is 10.6 Å². The summed E-state index contributed by atoms with van der Waals surface area (Å²) >= 11 is 0. The molecular weight excluding hydrogens is 277 g/mol. The van der Waals surface area contributed by atoms with Crippen molar-refractivity contribution in [2.45, 2.75) is 18.7 Å². The maximum Gasteiger partial charge on any atom is 0.393 e. The fourth-order valence-corrected chi connectivity index (χ4v) is 1.44. The van der Waals surface area contributed by atoms with E-state index in [1.807, 2.05) is 0 Å². The topological polar surface area (TPSA) is 81.6 Å². The van der Waals surface area contributed by atoms with Gasteiger partial charge in [0.1, 0.15) is 0 Å². The number of halogens is 3. The lowest BCUT2D eigenvalue weighted by Gasteiger charge is -2.11. The Morgan fingerprint density at radius 1 is 1.35 bits per heavy atom. The maximum absolute atomic E-state index is 12.2. The first kappa shape index (κ1) is 16.3. The van der Waals surface area contributed by atoms with Crippen molar-refractivity contribution in [2.24, 2.45) is 0 Å². The SMILES string of the molecule is O=C(NC[C@H](O)CO)Nc1cccc(CC(F)(F)F)c1. The van der Waals surface area contributed by atoms with Crippen molar-refractivity contribution < 1.29 is 28.2 Å². The standard InChI is InChI=1S/C12H15F3N2O3/c13-12(14,15)5-8-2-1-3-9(4-8)17-11(20)16-6-10(19)7-18/h1-4,10,18-19H,5-7H2,(H2,16,17,20)/t10-/m0/s1. The first-order valence-electron chi connectivity index (χ1n) is 5.79. The summed E-state index contributed by atoms with van der Waals surface area (Å²) in [5.41, 5.74) is 0.244. The van der Waals surface area contributed by atoms with Crippen LogP contribution in [0.2, 0.25) is 0 Å². The summed E-state index contributed by atoms with van der Waals surface area (Å²) in [6, 6.07) is 4.70. The molecule has 1 rings (SSSR count). The highest BCUT2D eigenvalue weighted by Gasteiger charge is 2.27. The summed E-state index contributed by atoms with van der Waals surface area (Å²) in [5.74, 6) is 0. The van der Waals surface area contributed by atoms with Crippen molar-refractivity contribution in [1.29, 1.82) is 0 Å². The molecule has 0 aliphatic heterocycles. The van der Waals surface area contributed by atoms with Crippen molar-refractivity contribution in [1.82, 2.24) is 5.32 Å². The van der Waals surface area contributed by atoms with E-state index in [1.54, 1.807) is 0 Å². The number of aliphatic hydroxyl groups is 2. The van der Waals surface area contributed by atoms with Gasteiger partial charge in [-0.15, -0.1) is 0 Å². The number of hydrogen-bond donors (Lipinski definition) is 4. The summed E-state index contributed by atoms with van der Waals surface area (Å²) < 4.78 is 36.7. The fraction of sp³-hybridized carbons (Fsp3) is 0.417. The number of urea groups is 1. The smallest absolute Gasteiger partial charge is 0.393 e. The minimum atomic E-state index is -4.31. The van der Waals surface area contributed by atoms with Crippen LogP contribution in [-0.2, 0) is 6.42 Å². The van der Waals surface area contributed by atoms with Gasteiger partial charge in [-0.05, 0) is 17.7 Å². The maximum atomic E-state index is 12.2. The molecule has 0 fully saturated rings. The van der Waals surface area contributed by atoms with Gasteiger partial charge in [-0.1, -0.05) is 12.1 Å². The molecule has 0 heterocycles. The van der Waals surface area contributed by atoms with Gasteiger partial charge in [-0.2, -0.15) is 13.2 Å².